The van der Waals surface area contributed by atoms with Gasteiger partial charge in [0, 0.05) is 24.7 Å². The highest BCUT2D eigenvalue weighted by Crippen LogP contribution is 2.33. The second-order valence-corrected chi connectivity index (χ2v) is 6.93. The van der Waals surface area contributed by atoms with Gasteiger partial charge in [0.25, 0.3) is 0 Å². The van der Waals surface area contributed by atoms with Crippen molar-refractivity contribution in [2.75, 3.05) is 7.05 Å². The van der Waals surface area contributed by atoms with Gasteiger partial charge in [0.1, 0.15) is 18.2 Å². The van der Waals surface area contributed by atoms with Gasteiger partial charge in [0.2, 0.25) is 5.88 Å². The van der Waals surface area contributed by atoms with Crippen LogP contribution >= 0.6 is 0 Å². The van der Waals surface area contributed by atoms with Crippen LogP contribution in [0.3, 0.4) is 0 Å². The van der Waals surface area contributed by atoms with E-state index >= 15 is 0 Å². The molecule has 1 aliphatic rings. The third kappa shape index (κ3) is 4.59. The summed E-state index contributed by atoms with van der Waals surface area (Å²) in [6, 6.07) is 5.09. The SMILES string of the molecule is CNCc1cc(OCc2cc(F)ccc2F)n(CCC2(O)CCCC2)n1. The number of nitrogens with zero attached hydrogens (tertiary/aromatic N) is 2. The summed E-state index contributed by atoms with van der Waals surface area (Å²) >= 11 is 0. The maximum absolute atomic E-state index is 13.8. The van der Waals surface area contributed by atoms with Gasteiger partial charge in [-0.3, -0.25) is 0 Å². The Kier molecular flexibility index (Phi) is 5.88. The highest BCUT2D eigenvalue weighted by Gasteiger charge is 2.31. The molecule has 0 atom stereocenters. The van der Waals surface area contributed by atoms with Gasteiger partial charge in [-0.15, -0.1) is 0 Å². The minimum Gasteiger partial charge on any atom is -0.473 e. The molecular formula is C19H25F2N3O2. The fourth-order valence-electron chi connectivity index (χ4n) is 3.40. The van der Waals surface area contributed by atoms with E-state index in [0.29, 0.717) is 25.4 Å². The molecule has 3 rings (SSSR count). The van der Waals surface area contributed by atoms with Gasteiger partial charge in [-0.25, -0.2) is 13.5 Å². The molecule has 2 aromatic rings. The van der Waals surface area contributed by atoms with Crippen LogP contribution < -0.4 is 10.1 Å². The number of rotatable bonds is 8. The molecule has 0 aliphatic heterocycles. The molecule has 0 saturated heterocycles. The Morgan fingerprint density at radius 2 is 2.04 bits per heavy atom. The summed E-state index contributed by atoms with van der Waals surface area (Å²) in [5, 5.41) is 18.1. The lowest BCUT2D eigenvalue weighted by Crippen LogP contribution is -2.26. The van der Waals surface area contributed by atoms with E-state index in [4.69, 9.17) is 4.74 Å². The molecule has 7 heteroatoms. The van der Waals surface area contributed by atoms with Crippen LogP contribution in [-0.4, -0.2) is 27.5 Å². The van der Waals surface area contributed by atoms with Crippen molar-refractivity contribution in [2.24, 2.45) is 0 Å². The minimum atomic E-state index is -0.638. The number of aryl methyl sites for hydroxylation is 1. The van der Waals surface area contributed by atoms with Crippen molar-refractivity contribution >= 4 is 0 Å². The molecule has 0 spiro atoms. The summed E-state index contributed by atoms with van der Waals surface area (Å²) in [4.78, 5) is 0. The molecule has 1 heterocycles. The lowest BCUT2D eigenvalue weighted by atomic mass is 9.98. The Morgan fingerprint density at radius 3 is 2.77 bits per heavy atom. The number of benzene rings is 1. The molecule has 1 aromatic heterocycles. The highest BCUT2D eigenvalue weighted by molar-refractivity contribution is 5.20. The van der Waals surface area contributed by atoms with E-state index in [1.54, 1.807) is 10.7 Å². The molecule has 1 saturated carbocycles. The summed E-state index contributed by atoms with van der Waals surface area (Å²) < 4.78 is 34.5. The topological polar surface area (TPSA) is 59.3 Å². The van der Waals surface area contributed by atoms with Gasteiger partial charge in [0.15, 0.2) is 0 Å². The van der Waals surface area contributed by atoms with E-state index in [9.17, 15) is 13.9 Å². The van der Waals surface area contributed by atoms with E-state index in [-0.39, 0.29) is 12.2 Å². The summed E-state index contributed by atoms with van der Waals surface area (Å²) in [7, 11) is 1.82. The molecule has 0 amide bonds. The van der Waals surface area contributed by atoms with Crippen molar-refractivity contribution in [3.8, 4) is 5.88 Å². The normalized spacial score (nSPS) is 16.2. The van der Waals surface area contributed by atoms with Gasteiger partial charge in [0.05, 0.1) is 11.3 Å². The lowest BCUT2D eigenvalue weighted by Gasteiger charge is -2.22. The first kappa shape index (κ1) is 18.8. The van der Waals surface area contributed by atoms with Gasteiger partial charge in [-0.2, -0.15) is 5.10 Å². The Balaban J connectivity index is 1.71. The van der Waals surface area contributed by atoms with Crippen molar-refractivity contribution in [1.29, 1.82) is 0 Å². The zero-order valence-corrected chi connectivity index (χ0v) is 15.0. The monoisotopic (exact) mass is 365 g/mol. The third-order valence-corrected chi connectivity index (χ3v) is 4.86. The van der Waals surface area contributed by atoms with Crippen LogP contribution in [0.25, 0.3) is 0 Å². The molecule has 142 valence electrons. The zero-order valence-electron chi connectivity index (χ0n) is 15.0. The predicted molar refractivity (Wildman–Crippen MR) is 93.7 cm³/mol. The average Bonchev–Trinajstić information content (AvgIpc) is 3.21. The van der Waals surface area contributed by atoms with Crippen LogP contribution in [0, 0.1) is 11.6 Å². The quantitative estimate of drug-likeness (QED) is 0.755. The standard InChI is InChI=1S/C19H25F2N3O2/c1-22-12-16-11-18(26-13-14-10-15(20)4-5-17(14)21)24(23-16)9-8-19(25)6-2-3-7-19/h4-5,10-11,22,25H,2-3,6-9,12-13H2,1H3. The number of hydrogen-bond donors (Lipinski definition) is 2. The smallest absolute Gasteiger partial charge is 0.212 e. The van der Waals surface area contributed by atoms with Crippen LogP contribution in [0.2, 0.25) is 0 Å². The third-order valence-electron chi connectivity index (χ3n) is 4.86. The predicted octanol–water partition coefficient (Wildman–Crippen LogP) is 3.15. The number of hydrogen-bond acceptors (Lipinski definition) is 4. The molecule has 1 aliphatic carbocycles. The largest absolute Gasteiger partial charge is 0.473 e. The van der Waals surface area contributed by atoms with Crippen molar-refractivity contribution in [3.63, 3.8) is 0 Å². The van der Waals surface area contributed by atoms with Gasteiger partial charge in [-0.1, -0.05) is 12.8 Å². The van der Waals surface area contributed by atoms with Crippen molar-refractivity contribution < 1.29 is 18.6 Å². The Labute approximate surface area is 152 Å². The Morgan fingerprint density at radius 1 is 1.27 bits per heavy atom. The van der Waals surface area contributed by atoms with Crippen molar-refractivity contribution in [3.05, 3.63) is 47.2 Å². The van der Waals surface area contributed by atoms with Crippen LogP contribution in [0.4, 0.5) is 8.78 Å². The van der Waals surface area contributed by atoms with Gasteiger partial charge >= 0.3 is 0 Å². The van der Waals surface area contributed by atoms with Crippen LogP contribution in [0.1, 0.15) is 43.4 Å². The number of aliphatic hydroxyl groups is 1. The molecule has 5 nitrogen and oxygen atoms in total. The maximum Gasteiger partial charge on any atom is 0.212 e. The second kappa shape index (κ2) is 8.14. The number of aromatic nitrogens is 2. The molecular weight excluding hydrogens is 340 g/mol. The molecule has 0 unspecified atom stereocenters. The van der Waals surface area contributed by atoms with Crippen LogP contribution in [0.15, 0.2) is 24.3 Å². The summed E-state index contributed by atoms with van der Waals surface area (Å²) in [6.45, 7) is 1.00. The Hall–Kier alpha value is -1.99. The maximum atomic E-state index is 13.8. The van der Waals surface area contributed by atoms with Crippen LogP contribution in [0.5, 0.6) is 5.88 Å². The minimum absolute atomic E-state index is 0.0848. The van der Waals surface area contributed by atoms with E-state index in [1.165, 1.54) is 0 Å². The van der Waals surface area contributed by atoms with Crippen LogP contribution in [-0.2, 0) is 19.7 Å². The first-order valence-corrected chi connectivity index (χ1v) is 8.99. The van der Waals surface area contributed by atoms with E-state index in [1.807, 2.05) is 7.05 Å². The molecule has 0 radical (unpaired) electrons. The first-order chi connectivity index (χ1) is 12.5. The summed E-state index contributed by atoms with van der Waals surface area (Å²) in [5.74, 6) is -0.522. The van der Waals surface area contributed by atoms with Gasteiger partial charge in [-0.05, 0) is 44.5 Å². The lowest BCUT2D eigenvalue weighted by molar-refractivity contribution is 0.0326. The molecule has 0 bridgehead atoms. The Bertz CT molecular complexity index is 742. The van der Waals surface area contributed by atoms with Crippen molar-refractivity contribution in [2.45, 2.75) is 57.4 Å². The van der Waals surface area contributed by atoms with E-state index in [2.05, 4.69) is 10.4 Å². The fraction of sp³-hybridized carbons (Fsp3) is 0.526. The molecule has 1 aromatic carbocycles. The van der Waals surface area contributed by atoms with Crippen molar-refractivity contribution in [1.82, 2.24) is 15.1 Å². The molecule has 2 N–H and O–H groups in total. The van der Waals surface area contributed by atoms with Gasteiger partial charge < -0.3 is 15.2 Å². The summed E-state index contributed by atoms with van der Waals surface area (Å²) in [5.41, 5.74) is 0.309. The van der Waals surface area contributed by atoms with E-state index < -0.39 is 17.2 Å². The number of halogens is 2. The second-order valence-electron chi connectivity index (χ2n) is 6.93. The highest BCUT2D eigenvalue weighted by atomic mass is 19.1. The molecule has 26 heavy (non-hydrogen) atoms. The zero-order chi connectivity index (χ0) is 18.6. The average molecular weight is 365 g/mol. The molecule has 1 fully saturated rings. The summed E-state index contributed by atoms with van der Waals surface area (Å²) in [6.07, 6.45) is 4.30. The first-order valence-electron chi connectivity index (χ1n) is 8.99. The number of nitrogens with one attached hydrogen (secondary N) is 1. The number of ether oxygens (including phenoxy) is 1. The van der Waals surface area contributed by atoms with E-state index in [0.717, 1.165) is 49.6 Å². The fourth-order valence-corrected chi connectivity index (χ4v) is 3.40.